The van der Waals surface area contributed by atoms with E-state index in [0.29, 0.717) is 6.73 Å². The molecule has 1 aromatic carbocycles. The Morgan fingerprint density at radius 3 is 2.75 bits per heavy atom. The van der Waals surface area contributed by atoms with Gasteiger partial charge in [0.2, 0.25) is 0 Å². The van der Waals surface area contributed by atoms with E-state index in [-0.39, 0.29) is 0 Å². The molecule has 0 aliphatic carbocycles. The van der Waals surface area contributed by atoms with Crippen molar-refractivity contribution in [2.45, 2.75) is 38.5 Å². The molecule has 1 N–H and O–H groups in total. The second-order valence-corrected chi connectivity index (χ2v) is 13.8. The van der Waals surface area contributed by atoms with E-state index >= 15 is 0 Å². The van der Waals surface area contributed by atoms with Gasteiger partial charge in [0.1, 0.15) is 12.8 Å². The van der Waals surface area contributed by atoms with Gasteiger partial charge in [-0.3, -0.25) is 0 Å². The molecular formula is C19H25NO2SSi. The SMILES string of the molecule is C[Si](C)(C)CCOCn1ccc2c([C@H](O)c3ccsc3)cccc21. The monoisotopic (exact) mass is 359 g/mol. The van der Waals surface area contributed by atoms with Crippen LogP contribution in [0.3, 0.4) is 0 Å². The summed E-state index contributed by atoms with van der Waals surface area (Å²) < 4.78 is 7.99. The van der Waals surface area contributed by atoms with Gasteiger partial charge < -0.3 is 14.4 Å². The molecule has 0 saturated carbocycles. The van der Waals surface area contributed by atoms with Crippen LogP contribution in [-0.2, 0) is 11.5 Å². The molecule has 2 aromatic heterocycles. The molecule has 24 heavy (non-hydrogen) atoms. The maximum Gasteiger partial charge on any atom is 0.122 e. The number of aromatic nitrogens is 1. The fourth-order valence-corrected chi connectivity index (χ4v) is 4.19. The first-order chi connectivity index (χ1) is 11.5. The Labute approximate surface area is 148 Å². The van der Waals surface area contributed by atoms with Crippen molar-refractivity contribution in [2.75, 3.05) is 6.61 Å². The van der Waals surface area contributed by atoms with Crippen molar-refractivity contribution in [1.82, 2.24) is 4.57 Å². The van der Waals surface area contributed by atoms with Gasteiger partial charge in [-0.2, -0.15) is 11.3 Å². The maximum absolute atomic E-state index is 10.7. The Morgan fingerprint density at radius 2 is 2.04 bits per heavy atom. The first-order valence-corrected chi connectivity index (χ1v) is 13.0. The third-order valence-corrected chi connectivity index (χ3v) is 6.63. The van der Waals surface area contributed by atoms with E-state index in [4.69, 9.17) is 4.74 Å². The highest BCUT2D eigenvalue weighted by molar-refractivity contribution is 7.08. The number of hydrogen-bond acceptors (Lipinski definition) is 3. The molecular weight excluding hydrogens is 334 g/mol. The minimum atomic E-state index is -1.05. The number of benzene rings is 1. The Hall–Kier alpha value is -1.40. The maximum atomic E-state index is 10.7. The third-order valence-electron chi connectivity index (χ3n) is 4.23. The van der Waals surface area contributed by atoms with Crippen LogP contribution in [-0.4, -0.2) is 24.4 Å². The van der Waals surface area contributed by atoms with Gasteiger partial charge in [-0.15, -0.1) is 0 Å². The van der Waals surface area contributed by atoms with Crippen molar-refractivity contribution in [3.05, 3.63) is 58.4 Å². The van der Waals surface area contributed by atoms with E-state index in [2.05, 4.69) is 36.3 Å². The zero-order valence-corrected chi connectivity index (χ0v) is 16.3. The van der Waals surface area contributed by atoms with Crippen LogP contribution < -0.4 is 0 Å². The van der Waals surface area contributed by atoms with Gasteiger partial charge in [0, 0.05) is 26.3 Å². The second kappa shape index (κ2) is 7.23. The summed E-state index contributed by atoms with van der Waals surface area (Å²) in [4.78, 5) is 0. The average molecular weight is 360 g/mol. The molecule has 0 bridgehead atoms. The highest BCUT2D eigenvalue weighted by Crippen LogP contribution is 2.30. The first kappa shape index (κ1) is 17.4. The molecule has 0 aliphatic rings. The zero-order valence-electron chi connectivity index (χ0n) is 14.5. The van der Waals surface area contributed by atoms with Gasteiger partial charge >= 0.3 is 0 Å². The van der Waals surface area contributed by atoms with Crippen molar-refractivity contribution in [2.24, 2.45) is 0 Å². The number of hydrogen-bond donors (Lipinski definition) is 1. The van der Waals surface area contributed by atoms with Crippen LogP contribution in [0, 0.1) is 0 Å². The minimum absolute atomic E-state index is 0.561. The molecule has 0 spiro atoms. The number of aliphatic hydroxyl groups excluding tert-OH is 1. The van der Waals surface area contributed by atoms with Crippen LogP contribution in [0.2, 0.25) is 25.7 Å². The molecule has 0 unspecified atom stereocenters. The highest BCUT2D eigenvalue weighted by atomic mass is 32.1. The Bertz CT molecular complexity index is 789. The second-order valence-electron chi connectivity index (χ2n) is 7.37. The van der Waals surface area contributed by atoms with Crippen LogP contribution >= 0.6 is 11.3 Å². The van der Waals surface area contributed by atoms with Gasteiger partial charge in [-0.1, -0.05) is 31.8 Å². The molecule has 3 aromatic rings. The summed E-state index contributed by atoms with van der Waals surface area (Å²) in [6.07, 6.45) is 1.46. The molecule has 2 heterocycles. The summed E-state index contributed by atoms with van der Waals surface area (Å²) >= 11 is 1.61. The normalized spacial score (nSPS) is 13.5. The molecule has 3 rings (SSSR count). The number of rotatable bonds is 7. The largest absolute Gasteiger partial charge is 0.384 e. The fourth-order valence-electron chi connectivity index (χ4n) is 2.75. The summed E-state index contributed by atoms with van der Waals surface area (Å²) in [6.45, 7) is 8.46. The van der Waals surface area contributed by atoms with Gasteiger partial charge in [-0.05, 0) is 46.1 Å². The van der Waals surface area contributed by atoms with Crippen molar-refractivity contribution in [3.63, 3.8) is 0 Å². The molecule has 3 nitrogen and oxygen atoms in total. The van der Waals surface area contributed by atoms with Crippen molar-refractivity contribution >= 4 is 30.3 Å². The number of nitrogens with zero attached hydrogens (tertiary/aromatic N) is 1. The van der Waals surface area contributed by atoms with Crippen molar-refractivity contribution in [3.8, 4) is 0 Å². The van der Waals surface area contributed by atoms with Crippen LogP contribution in [0.5, 0.6) is 0 Å². The van der Waals surface area contributed by atoms with E-state index < -0.39 is 14.2 Å². The predicted octanol–water partition coefficient (Wildman–Crippen LogP) is 5.10. The van der Waals surface area contributed by atoms with E-state index in [9.17, 15) is 5.11 Å². The van der Waals surface area contributed by atoms with E-state index in [0.717, 1.165) is 28.6 Å². The molecule has 0 aliphatic heterocycles. The fraction of sp³-hybridized carbons (Fsp3) is 0.368. The first-order valence-electron chi connectivity index (χ1n) is 8.31. The quantitative estimate of drug-likeness (QED) is 0.470. The summed E-state index contributed by atoms with van der Waals surface area (Å²) in [5.74, 6) is 0. The summed E-state index contributed by atoms with van der Waals surface area (Å²) in [6, 6.07) is 11.3. The van der Waals surface area contributed by atoms with Crippen LogP contribution in [0.25, 0.3) is 10.9 Å². The van der Waals surface area contributed by atoms with Crippen LogP contribution in [0.15, 0.2) is 47.3 Å². The summed E-state index contributed by atoms with van der Waals surface area (Å²) in [5, 5.41) is 15.7. The molecule has 0 amide bonds. The predicted molar refractivity (Wildman–Crippen MR) is 104 cm³/mol. The molecule has 128 valence electrons. The lowest BCUT2D eigenvalue weighted by molar-refractivity contribution is 0.0902. The molecule has 5 heteroatoms. The molecule has 1 atom stereocenters. The number of thiophene rings is 1. The Kier molecular flexibility index (Phi) is 5.25. The smallest absolute Gasteiger partial charge is 0.122 e. The van der Waals surface area contributed by atoms with E-state index in [1.54, 1.807) is 11.3 Å². The topological polar surface area (TPSA) is 34.4 Å². The Balaban J connectivity index is 1.77. The number of aliphatic hydroxyl groups is 1. The standard InChI is InChI=1S/C19H25NO2SSi/c1-24(2,3)12-10-22-14-20-9-7-16-17(5-4-6-18(16)20)19(21)15-8-11-23-13-15/h4-9,11,13,19,21H,10,12,14H2,1-3H3/t19-/m1/s1. The highest BCUT2D eigenvalue weighted by Gasteiger charge is 2.16. The average Bonchev–Trinajstić information content (AvgIpc) is 3.19. The van der Waals surface area contributed by atoms with Crippen LogP contribution in [0.4, 0.5) is 0 Å². The Morgan fingerprint density at radius 1 is 1.21 bits per heavy atom. The van der Waals surface area contributed by atoms with E-state index in [1.165, 1.54) is 6.04 Å². The number of ether oxygens (including phenoxy) is 1. The molecule has 0 radical (unpaired) electrons. The van der Waals surface area contributed by atoms with Crippen molar-refractivity contribution in [1.29, 1.82) is 0 Å². The third kappa shape index (κ3) is 3.98. The zero-order chi connectivity index (χ0) is 17.2. The number of fused-ring (bicyclic) bond motifs is 1. The van der Waals surface area contributed by atoms with Crippen LogP contribution in [0.1, 0.15) is 17.2 Å². The molecule has 0 saturated heterocycles. The molecule has 0 fully saturated rings. The summed E-state index contributed by atoms with van der Waals surface area (Å²) in [7, 11) is -1.05. The lowest BCUT2D eigenvalue weighted by Crippen LogP contribution is -2.21. The minimum Gasteiger partial charge on any atom is -0.384 e. The lowest BCUT2D eigenvalue weighted by Gasteiger charge is -2.16. The van der Waals surface area contributed by atoms with Gasteiger partial charge in [0.05, 0.1) is 5.52 Å². The van der Waals surface area contributed by atoms with Crippen molar-refractivity contribution < 1.29 is 9.84 Å². The van der Waals surface area contributed by atoms with Gasteiger partial charge in [0.15, 0.2) is 0 Å². The van der Waals surface area contributed by atoms with E-state index in [1.807, 2.05) is 35.2 Å². The van der Waals surface area contributed by atoms with Gasteiger partial charge in [-0.25, -0.2) is 0 Å². The summed E-state index contributed by atoms with van der Waals surface area (Å²) in [5.41, 5.74) is 3.01. The lowest BCUT2D eigenvalue weighted by atomic mass is 10.0. The van der Waals surface area contributed by atoms with Gasteiger partial charge in [0.25, 0.3) is 0 Å².